The van der Waals surface area contributed by atoms with Crippen LogP contribution in [0.3, 0.4) is 0 Å². The number of aromatic nitrogens is 2. The second-order valence-corrected chi connectivity index (χ2v) is 8.29. The van der Waals surface area contributed by atoms with Crippen LogP contribution < -0.4 is 5.32 Å². The number of nitrogens with zero attached hydrogens (tertiary/aromatic N) is 2. The van der Waals surface area contributed by atoms with Crippen molar-refractivity contribution in [2.24, 2.45) is 0 Å². The molecule has 0 aliphatic rings. The first-order valence-corrected chi connectivity index (χ1v) is 9.49. The highest BCUT2D eigenvalue weighted by atomic mass is 79.9. The van der Waals surface area contributed by atoms with E-state index >= 15 is 0 Å². The summed E-state index contributed by atoms with van der Waals surface area (Å²) in [4.78, 5) is 11.7. The lowest BCUT2D eigenvalue weighted by Gasteiger charge is -2.19. The first-order chi connectivity index (χ1) is 13.4. The van der Waals surface area contributed by atoms with Crippen molar-refractivity contribution in [2.75, 3.05) is 0 Å². The third-order valence-electron chi connectivity index (χ3n) is 3.86. The van der Waals surface area contributed by atoms with Crippen LogP contribution in [0.5, 0.6) is 0 Å². The first kappa shape index (κ1) is 21.2. The van der Waals surface area contributed by atoms with Gasteiger partial charge in [0.05, 0.1) is 12.2 Å². The van der Waals surface area contributed by atoms with Crippen LogP contribution in [-0.4, -0.2) is 27.6 Å². The molecule has 0 fully saturated rings. The molecular formula is C19H19BrF3N3O3. The Morgan fingerprint density at radius 2 is 2.00 bits per heavy atom. The number of alkyl carbamates (subject to hydrolysis) is 1. The molecule has 0 unspecified atom stereocenters. The molecule has 6 nitrogen and oxygen atoms in total. The fraction of sp³-hybridized carbons (Fsp3) is 0.368. The Bertz CT molecular complexity index is 1030. The molecule has 29 heavy (non-hydrogen) atoms. The number of fused-ring (bicyclic) bond motifs is 1. The van der Waals surface area contributed by atoms with Gasteiger partial charge in [-0.3, -0.25) is 0 Å². The summed E-state index contributed by atoms with van der Waals surface area (Å²) in [5.41, 5.74) is 0.265. The zero-order valence-corrected chi connectivity index (χ0v) is 17.5. The predicted octanol–water partition coefficient (Wildman–Crippen LogP) is 5.65. The van der Waals surface area contributed by atoms with Crippen LogP contribution in [0.1, 0.15) is 26.5 Å². The SMILES string of the molecule is CC(C)(C)OC(=O)NCc1cc(-c2cc3c(Br)cccc3n2CC(F)(F)F)no1. The Labute approximate surface area is 173 Å². The maximum absolute atomic E-state index is 13.2. The number of nitrogens with one attached hydrogen (secondary N) is 1. The van der Waals surface area contributed by atoms with Crippen molar-refractivity contribution in [1.29, 1.82) is 0 Å². The van der Waals surface area contributed by atoms with Crippen LogP contribution in [-0.2, 0) is 17.8 Å². The smallest absolute Gasteiger partial charge is 0.408 e. The molecular weight excluding hydrogens is 455 g/mol. The molecule has 3 aromatic rings. The number of carbonyl (C=O) groups is 1. The molecule has 1 N–H and O–H groups in total. The number of amides is 1. The molecule has 10 heteroatoms. The number of rotatable bonds is 4. The summed E-state index contributed by atoms with van der Waals surface area (Å²) in [6.45, 7) is 4.02. The summed E-state index contributed by atoms with van der Waals surface area (Å²) in [6, 6.07) is 8.14. The van der Waals surface area contributed by atoms with Crippen LogP contribution in [0.4, 0.5) is 18.0 Å². The lowest BCUT2D eigenvalue weighted by atomic mass is 10.2. The summed E-state index contributed by atoms with van der Waals surface area (Å²) in [5.74, 6) is 0.286. The van der Waals surface area contributed by atoms with Crippen LogP contribution in [0.2, 0.25) is 0 Å². The quantitative estimate of drug-likeness (QED) is 0.531. The predicted molar refractivity (Wildman–Crippen MR) is 104 cm³/mol. The molecule has 0 radical (unpaired) electrons. The Morgan fingerprint density at radius 1 is 1.28 bits per heavy atom. The zero-order valence-electron chi connectivity index (χ0n) is 15.9. The fourth-order valence-corrected chi connectivity index (χ4v) is 3.27. The normalized spacial score (nSPS) is 12.4. The van der Waals surface area contributed by atoms with E-state index in [1.807, 2.05) is 0 Å². The van der Waals surface area contributed by atoms with Crippen molar-refractivity contribution in [1.82, 2.24) is 15.0 Å². The summed E-state index contributed by atoms with van der Waals surface area (Å²) in [6.07, 6.45) is -5.04. The lowest BCUT2D eigenvalue weighted by Crippen LogP contribution is -2.32. The third-order valence-corrected chi connectivity index (χ3v) is 4.55. The van der Waals surface area contributed by atoms with Gasteiger partial charge in [0.15, 0.2) is 5.76 Å². The van der Waals surface area contributed by atoms with Gasteiger partial charge in [-0.05, 0) is 39.0 Å². The van der Waals surface area contributed by atoms with Crippen molar-refractivity contribution in [3.63, 3.8) is 0 Å². The number of hydrogen-bond donors (Lipinski definition) is 1. The molecule has 0 bridgehead atoms. The Balaban J connectivity index is 1.88. The second-order valence-electron chi connectivity index (χ2n) is 7.44. The number of alkyl halides is 3. The largest absolute Gasteiger partial charge is 0.444 e. The lowest BCUT2D eigenvalue weighted by molar-refractivity contribution is -0.139. The Kier molecular flexibility index (Phi) is 5.66. The number of hydrogen-bond acceptors (Lipinski definition) is 4. The van der Waals surface area contributed by atoms with E-state index in [0.29, 0.717) is 15.4 Å². The summed E-state index contributed by atoms with van der Waals surface area (Å²) < 4.78 is 51.6. The van der Waals surface area contributed by atoms with E-state index in [4.69, 9.17) is 9.26 Å². The Morgan fingerprint density at radius 3 is 2.66 bits per heavy atom. The van der Waals surface area contributed by atoms with Crippen molar-refractivity contribution in [3.05, 3.63) is 40.6 Å². The highest BCUT2D eigenvalue weighted by Gasteiger charge is 2.31. The van der Waals surface area contributed by atoms with Gasteiger partial charge in [-0.2, -0.15) is 13.2 Å². The topological polar surface area (TPSA) is 69.3 Å². The van der Waals surface area contributed by atoms with E-state index in [0.717, 1.165) is 4.57 Å². The molecule has 0 spiro atoms. The molecule has 0 aliphatic carbocycles. The first-order valence-electron chi connectivity index (χ1n) is 8.70. The van der Waals surface area contributed by atoms with Crippen LogP contribution >= 0.6 is 15.9 Å². The molecule has 2 aromatic heterocycles. The number of halogens is 4. The van der Waals surface area contributed by atoms with Crippen LogP contribution in [0, 0.1) is 0 Å². The van der Waals surface area contributed by atoms with Crippen LogP contribution in [0.25, 0.3) is 22.3 Å². The van der Waals surface area contributed by atoms with E-state index in [1.165, 1.54) is 6.07 Å². The second kappa shape index (κ2) is 7.74. The van der Waals surface area contributed by atoms with Gasteiger partial charge in [-0.25, -0.2) is 4.79 Å². The molecule has 1 aromatic carbocycles. The van der Waals surface area contributed by atoms with Gasteiger partial charge < -0.3 is 19.1 Å². The van der Waals surface area contributed by atoms with Crippen molar-refractivity contribution in [3.8, 4) is 11.4 Å². The van der Waals surface area contributed by atoms with Crippen molar-refractivity contribution < 1.29 is 27.2 Å². The molecule has 2 heterocycles. The molecule has 1 amide bonds. The molecule has 0 saturated heterocycles. The van der Waals surface area contributed by atoms with E-state index < -0.39 is 24.4 Å². The molecule has 3 rings (SSSR count). The minimum absolute atomic E-state index is 0.00882. The number of ether oxygens (including phenoxy) is 1. The average molecular weight is 474 g/mol. The molecule has 156 valence electrons. The zero-order chi connectivity index (χ0) is 21.4. The van der Waals surface area contributed by atoms with E-state index in [2.05, 4.69) is 26.4 Å². The molecule has 0 saturated carbocycles. The van der Waals surface area contributed by atoms with Gasteiger partial charge >= 0.3 is 12.3 Å². The minimum atomic E-state index is -4.41. The summed E-state index contributed by atoms with van der Waals surface area (Å²) >= 11 is 3.37. The molecule has 0 atom stereocenters. The van der Waals surface area contributed by atoms with E-state index in [-0.39, 0.29) is 23.7 Å². The highest BCUT2D eigenvalue weighted by Crippen LogP contribution is 2.34. The maximum Gasteiger partial charge on any atom is 0.408 e. The van der Waals surface area contributed by atoms with Crippen molar-refractivity contribution in [2.45, 2.75) is 45.6 Å². The van der Waals surface area contributed by atoms with Gasteiger partial charge in [0.1, 0.15) is 17.8 Å². The highest BCUT2D eigenvalue weighted by molar-refractivity contribution is 9.10. The van der Waals surface area contributed by atoms with E-state index in [9.17, 15) is 18.0 Å². The number of carbonyl (C=O) groups excluding carboxylic acids is 1. The molecule has 0 aliphatic heterocycles. The van der Waals surface area contributed by atoms with Gasteiger partial charge in [0, 0.05) is 21.4 Å². The van der Waals surface area contributed by atoms with Gasteiger partial charge in [0.25, 0.3) is 0 Å². The van der Waals surface area contributed by atoms with Crippen LogP contribution in [0.15, 0.2) is 39.3 Å². The number of benzene rings is 1. The van der Waals surface area contributed by atoms with E-state index in [1.54, 1.807) is 45.0 Å². The monoisotopic (exact) mass is 473 g/mol. The Hall–Kier alpha value is -2.49. The standard InChI is InChI=1S/C19H19BrF3N3O3/c1-18(2,3)28-17(27)24-9-11-7-14(25-29-11)16-8-12-13(20)5-4-6-15(12)26(16)10-19(21,22)23/h4-8H,9-10H2,1-3H3,(H,24,27). The fourth-order valence-electron chi connectivity index (χ4n) is 2.80. The van der Waals surface area contributed by atoms with Crippen molar-refractivity contribution >= 4 is 32.9 Å². The van der Waals surface area contributed by atoms with Gasteiger partial charge in [-0.1, -0.05) is 27.2 Å². The third kappa shape index (κ3) is 5.31. The van der Waals surface area contributed by atoms with Gasteiger partial charge in [-0.15, -0.1) is 0 Å². The summed E-state index contributed by atoms with van der Waals surface area (Å²) in [7, 11) is 0. The minimum Gasteiger partial charge on any atom is -0.444 e. The average Bonchev–Trinajstić information content (AvgIpc) is 3.16. The van der Waals surface area contributed by atoms with Gasteiger partial charge in [0.2, 0.25) is 0 Å². The maximum atomic E-state index is 13.2. The summed E-state index contributed by atoms with van der Waals surface area (Å²) in [5, 5.41) is 7.03.